The van der Waals surface area contributed by atoms with Crippen LogP contribution in [0.5, 0.6) is 0 Å². The molecule has 0 aliphatic carbocycles. The summed E-state index contributed by atoms with van der Waals surface area (Å²) in [4.78, 5) is 8.53. The van der Waals surface area contributed by atoms with E-state index in [2.05, 4.69) is 26.4 Å². The topological polar surface area (TPSA) is 55.6 Å². The van der Waals surface area contributed by atoms with Gasteiger partial charge in [-0.2, -0.15) is 5.10 Å². The third-order valence-corrected chi connectivity index (χ3v) is 3.08. The van der Waals surface area contributed by atoms with Crippen molar-refractivity contribution in [2.75, 3.05) is 5.32 Å². The van der Waals surface area contributed by atoms with Gasteiger partial charge in [0.1, 0.15) is 0 Å². The van der Waals surface area contributed by atoms with Crippen LogP contribution in [0.1, 0.15) is 11.3 Å². The lowest BCUT2D eigenvalue weighted by atomic mass is 10.2. The van der Waals surface area contributed by atoms with Gasteiger partial charge in [-0.25, -0.2) is 4.98 Å². The molecular weight excluding hydrogens is 238 g/mol. The Morgan fingerprint density at radius 1 is 1.32 bits per heavy atom. The molecule has 0 aliphatic heterocycles. The number of hydrogen-bond donors (Lipinski definition) is 1. The third-order valence-electron chi connectivity index (χ3n) is 3.08. The van der Waals surface area contributed by atoms with E-state index >= 15 is 0 Å². The summed E-state index contributed by atoms with van der Waals surface area (Å²) in [6, 6.07) is 6.06. The summed E-state index contributed by atoms with van der Waals surface area (Å²) in [6.07, 6.45) is 5.46. The Kier molecular flexibility index (Phi) is 2.87. The highest BCUT2D eigenvalue weighted by molar-refractivity contribution is 5.81. The zero-order chi connectivity index (χ0) is 13.2. The lowest BCUT2D eigenvalue weighted by molar-refractivity contribution is 0.774. The second-order valence-electron chi connectivity index (χ2n) is 4.52. The fourth-order valence-corrected chi connectivity index (χ4v) is 2.11. The molecule has 3 rings (SSSR count). The number of hydrogen-bond acceptors (Lipinski definition) is 4. The second kappa shape index (κ2) is 4.68. The molecule has 0 spiro atoms. The standard InChI is InChI=1S/C14H15N5/c1-10-13-6-12(9-17-14(13)19(2)18-10)16-8-11-4-3-5-15-7-11/h3-7,9,16H,8H2,1-2H3. The van der Waals surface area contributed by atoms with E-state index in [1.54, 1.807) is 10.9 Å². The molecule has 0 saturated heterocycles. The normalized spacial score (nSPS) is 10.8. The van der Waals surface area contributed by atoms with Gasteiger partial charge in [0.25, 0.3) is 0 Å². The highest BCUT2D eigenvalue weighted by atomic mass is 15.3. The molecule has 0 atom stereocenters. The number of nitrogens with one attached hydrogen (secondary N) is 1. The maximum Gasteiger partial charge on any atom is 0.157 e. The monoisotopic (exact) mass is 253 g/mol. The van der Waals surface area contributed by atoms with Crippen LogP contribution in [0.2, 0.25) is 0 Å². The van der Waals surface area contributed by atoms with Crippen molar-refractivity contribution in [1.82, 2.24) is 19.7 Å². The Balaban J connectivity index is 1.84. The molecule has 0 radical (unpaired) electrons. The predicted octanol–water partition coefficient (Wildman–Crippen LogP) is 2.28. The van der Waals surface area contributed by atoms with Crippen molar-refractivity contribution >= 4 is 16.7 Å². The summed E-state index contributed by atoms with van der Waals surface area (Å²) in [5.41, 5.74) is 4.04. The summed E-state index contributed by atoms with van der Waals surface area (Å²) in [7, 11) is 1.91. The van der Waals surface area contributed by atoms with Gasteiger partial charge >= 0.3 is 0 Å². The molecule has 0 fully saturated rings. The lowest BCUT2D eigenvalue weighted by Crippen LogP contribution is -2.00. The van der Waals surface area contributed by atoms with Crippen LogP contribution in [0.25, 0.3) is 11.0 Å². The Hall–Kier alpha value is -2.43. The van der Waals surface area contributed by atoms with Gasteiger partial charge in [0.15, 0.2) is 5.65 Å². The van der Waals surface area contributed by atoms with Crippen LogP contribution in [-0.4, -0.2) is 19.7 Å². The summed E-state index contributed by atoms with van der Waals surface area (Å²) in [6.45, 7) is 2.73. The maximum absolute atomic E-state index is 4.44. The largest absolute Gasteiger partial charge is 0.380 e. The average Bonchev–Trinajstić information content (AvgIpc) is 2.73. The smallest absolute Gasteiger partial charge is 0.157 e. The minimum absolute atomic E-state index is 0.736. The Bertz CT molecular complexity index is 702. The minimum atomic E-state index is 0.736. The number of pyridine rings is 2. The molecule has 1 N–H and O–H groups in total. The van der Waals surface area contributed by atoms with Gasteiger partial charge in [-0.3, -0.25) is 9.67 Å². The molecule has 96 valence electrons. The number of rotatable bonds is 3. The van der Waals surface area contributed by atoms with Crippen molar-refractivity contribution in [3.05, 3.63) is 48.0 Å². The van der Waals surface area contributed by atoms with Crippen molar-refractivity contribution in [2.24, 2.45) is 7.05 Å². The van der Waals surface area contributed by atoms with Crippen LogP contribution in [0, 0.1) is 6.92 Å². The van der Waals surface area contributed by atoms with Gasteiger partial charge in [-0.15, -0.1) is 0 Å². The van der Waals surface area contributed by atoms with Crippen molar-refractivity contribution in [1.29, 1.82) is 0 Å². The predicted molar refractivity (Wildman–Crippen MR) is 74.8 cm³/mol. The minimum Gasteiger partial charge on any atom is -0.380 e. The zero-order valence-electron chi connectivity index (χ0n) is 11.0. The first-order valence-corrected chi connectivity index (χ1v) is 6.16. The summed E-state index contributed by atoms with van der Waals surface area (Å²) < 4.78 is 1.80. The third kappa shape index (κ3) is 2.27. The quantitative estimate of drug-likeness (QED) is 0.778. The molecule has 5 nitrogen and oxygen atoms in total. The van der Waals surface area contributed by atoms with Crippen LogP contribution < -0.4 is 5.32 Å². The molecule has 0 unspecified atom stereocenters. The molecule has 19 heavy (non-hydrogen) atoms. The molecule has 3 heterocycles. The number of anilines is 1. The van der Waals surface area contributed by atoms with E-state index in [9.17, 15) is 0 Å². The SMILES string of the molecule is Cc1nn(C)c2ncc(NCc3cccnc3)cc12. The van der Waals surface area contributed by atoms with Gasteiger partial charge in [0, 0.05) is 31.4 Å². The molecule has 0 aromatic carbocycles. The first-order valence-electron chi connectivity index (χ1n) is 6.16. The zero-order valence-corrected chi connectivity index (χ0v) is 11.0. The van der Waals surface area contributed by atoms with Gasteiger partial charge in [-0.05, 0) is 24.6 Å². The molecule has 0 bridgehead atoms. The molecule has 0 aliphatic rings. The summed E-state index contributed by atoms with van der Waals surface area (Å²) in [5, 5.41) is 8.80. The number of nitrogens with zero attached hydrogens (tertiary/aromatic N) is 4. The Morgan fingerprint density at radius 2 is 2.21 bits per heavy atom. The average molecular weight is 253 g/mol. The first-order chi connectivity index (χ1) is 9.24. The highest BCUT2D eigenvalue weighted by Crippen LogP contribution is 2.19. The molecule has 0 saturated carbocycles. The first kappa shape index (κ1) is 11.6. The Labute approximate surface area is 111 Å². The van der Waals surface area contributed by atoms with Crippen LogP contribution in [-0.2, 0) is 13.6 Å². The maximum atomic E-state index is 4.44. The van der Waals surface area contributed by atoms with Gasteiger partial charge in [0.2, 0.25) is 0 Å². The number of fused-ring (bicyclic) bond motifs is 1. The van der Waals surface area contributed by atoms with Crippen LogP contribution >= 0.6 is 0 Å². The van der Waals surface area contributed by atoms with E-state index in [-0.39, 0.29) is 0 Å². The van der Waals surface area contributed by atoms with E-state index < -0.39 is 0 Å². The summed E-state index contributed by atoms with van der Waals surface area (Å²) >= 11 is 0. The summed E-state index contributed by atoms with van der Waals surface area (Å²) in [5.74, 6) is 0. The van der Waals surface area contributed by atoms with Crippen molar-refractivity contribution < 1.29 is 0 Å². The second-order valence-corrected chi connectivity index (χ2v) is 4.52. The van der Waals surface area contributed by atoms with Crippen molar-refractivity contribution in [2.45, 2.75) is 13.5 Å². The molecule has 3 aromatic rings. The highest BCUT2D eigenvalue weighted by Gasteiger charge is 2.06. The van der Waals surface area contributed by atoms with Crippen molar-refractivity contribution in [3.63, 3.8) is 0 Å². The van der Waals surface area contributed by atoms with E-state index in [1.165, 1.54) is 0 Å². The van der Waals surface area contributed by atoms with E-state index in [0.29, 0.717) is 0 Å². The lowest BCUT2D eigenvalue weighted by Gasteiger charge is -2.06. The fraction of sp³-hybridized carbons (Fsp3) is 0.214. The van der Waals surface area contributed by atoms with E-state index in [4.69, 9.17) is 0 Å². The van der Waals surface area contributed by atoms with Gasteiger partial charge < -0.3 is 5.32 Å². The van der Waals surface area contributed by atoms with Gasteiger partial charge in [-0.1, -0.05) is 6.07 Å². The molecule has 5 heteroatoms. The van der Waals surface area contributed by atoms with Gasteiger partial charge in [0.05, 0.1) is 17.6 Å². The van der Waals surface area contributed by atoms with Crippen LogP contribution in [0.4, 0.5) is 5.69 Å². The fourth-order valence-electron chi connectivity index (χ4n) is 2.11. The van der Waals surface area contributed by atoms with E-state index in [1.807, 2.05) is 38.5 Å². The molecular formula is C14H15N5. The molecule has 3 aromatic heterocycles. The number of aromatic nitrogens is 4. The van der Waals surface area contributed by atoms with Crippen molar-refractivity contribution in [3.8, 4) is 0 Å². The number of aryl methyl sites for hydroxylation is 2. The Morgan fingerprint density at radius 3 is 3.00 bits per heavy atom. The molecule has 0 amide bonds. The van der Waals surface area contributed by atoms with E-state index in [0.717, 1.165) is 34.5 Å². The van der Waals surface area contributed by atoms with Crippen LogP contribution in [0.15, 0.2) is 36.8 Å². The van der Waals surface area contributed by atoms with Crippen LogP contribution in [0.3, 0.4) is 0 Å².